The predicted molar refractivity (Wildman–Crippen MR) is 72.8 cm³/mol. The molecule has 0 saturated carbocycles. The van der Waals surface area contributed by atoms with Crippen molar-refractivity contribution < 1.29 is 44.9 Å². The van der Waals surface area contributed by atoms with Gasteiger partial charge in [0.25, 0.3) is 0 Å². The highest BCUT2D eigenvalue weighted by atomic mass is 19.4. The Morgan fingerprint density at radius 3 is 1.72 bits per heavy atom. The standard InChI is InChI=1S/C13H13F7N2O3/c1-23-8-4-7(5-9(24-2)10(8)25-3)6-21-22-13(19,20)11(14,15)12(16,17)18/h4-6,22H,1-3H3/b21-6+. The second-order valence-electron chi connectivity index (χ2n) is 4.48. The van der Waals surface area contributed by atoms with Crippen molar-refractivity contribution in [3.8, 4) is 17.2 Å². The number of nitrogens with one attached hydrogen (secondary N) is 1. The molecule has 5 nitrogen and oxygen atoms in total. The first kappa shape index (κ1) is 20.6. The highest BCUT2D eigenvalue weighted by molar-refractivity contribution is 5.82. The molecule has 0 bridgehead atoms. The summed E-state index contributed by atoms with van der Waals surface area (Å²) < 4.78 is 102. The summed E-state index contributed by atoms with van der Waals surface area (Å²) in [7, 11) is 3.82. The van der Waals surface area contributed by atoms with Crippen molar-refractivity contribution in [3.63, 3.8) is 0 Å². The monoisotopic (exact) mass is 378 g/mol. The normalized spacial score (nSPS) is 13.0. The van der Waals surface area contributed by atoms with Gasteiger partial charge in [-0.3, -0.25) is 0 Å². The Labute approximate surface area is 137 Å². The van der Waals surface area contributed by atoms with Crippen LogP contribution in [0.25, 0.3) is 0 Å². The number of nitrogens with zero attached hydrogens (tertiary/aromatic N) is 1. The number of ether oxygens (including phenoxy) is 3. The fraction of sp³-hybridized carbons (Fsp3) is 0.462. The number of methoxy groups -OCH3 is 3. The number of rotatable bonds is 7. The first-order chi connectivity index (χ1) is 11.4. The van der Waals surface area contributed by atoms with Crippen LogP contribution in [-0.2, 0) is 0 Å². The van der Waals surface area contributed by atoms with Gasteiger partial charge < -0.3 is 14.2 Å². The van der Waals surface area contributed by atoms with Crippen molar-refractivity contribution in [2.45, 2.75) is 18.1 Å². The van der Waals surface area contributed by atoms with Crippen LogP contribution in [0, 0.1) is 0 Å². The van der Waals surface area contributed by atoms with Gasteiger partial charge in [-0.15, -0.1) is 0 Å². The molecule has 0 amide bonds. The van der Waals surface area contributed by atoms with Crippen LogP contribution in [0.4, 0.5) is 30.7 Å². The molecule has 0 aliphatic carbocycles. The molecule has 0 unspecified atom stereocenters. The molecular formula is C13H13F7N2O3. The molecule has 25 heavy (non-hydrogen) atoms. The molecular weight excluding hydrogens is 365 g/mol. The molecule has 0 aliphatic heterocycles. The van der Waals surface area contributed by atoms with Crippen LogP contribution in [0.1, 0.15) is 5.56 Å². The average molecular weight is 378 g/mol. The van der Waals surface area contributed by atoms with Crippen molar-refractivity contribution in [1.82, 2.24) is 5.43 Å². The molecule has 142 valence electrons. The molecule has 0 aromatic heterocycles. The highest BCUT2D eigenvalue weighted by Gasteiger charge is 2.73. The van der Waals surface area contributed by atoms with Gasteiger partial charge in [-0.2, -0.15) is 35.8 Å². The third-order valence-electron chi connectivity index (χ3n) is 2.86. The zero-order valence-corrected chi connectivity index (χ0v) is 13.0. The predicted octanol–water partition coefficient (Wildman–Crippen LogP) is 3.43. The van der Waals surface area contributed by atoms with E-state index in [1.54, 1.807) is 0 Å². The molecule has 0 heterocycles. The lowest BCUT2D eigenvalue weighted by molar-refractivity contribution is -0.361. The number of hydrogen-bond donors (Lipinski definition) is 1. The van der Waals surface area contributed by atoms with Crippen LogP contribution < -0.4 is 19.6 Å². The van der Waals surface area contributed by atoms with Crippen molar-refractivity contribution in [2.75, 3.05) is 21.3 Å². The van der Waals surface area contributed by atoms with E-state index in [9.17, 15) is 30.7 Å². The summed E-state index contributed by atoms with van der Waals surface area (Å²) in [4.78, 5) is 0. The van der Waals surface area contributed by atoms with E-state index in [1.165, 1.54) is 33.5 Å². The molecule has 0 spiro atoms. The van der Waals surface area contributed by atoms with Gasteiger partial charge in [-0.1, -0.05) is 0 Å². The smallest absolute Gasteiger partial charge is 0.462 e. The summed E-state index contributed by atoms with van der Waals surface area (Å²) in [6.07, 6.45) is -5.86. The van der Waals surface area contributed by atoms with Crippen LogP contribution in [0.3, 0.4) is 0 Å². The largest absolute Gasteiger partial charge is 0.493 e. The van der Waals surface area contributed by atoms with Crippen LogP contribution in [0.2, 0.25) is 0 Å². The van der Waals surface area contributed by atoms with E-state index in [0.29, 0.717) is 11.6 Å². The van der Waals surface area contributed by atoms with Crippen LogP contribution in [-0.4, -0.2) is 45.7 Å². The number of hydrogen-bond acceptors (Lipinski definition) is 5. The van der Waals surface area contributed by atoms with E-state index in [0.717, 1.165) is 0 Å². The minimum absolute atomic E-state index is 0.00752. The first-order valence-corrected chi connectivity index (χ1v) is 6.34. The zero-order chi connectivity index (χ0) is 19.5. The second-order valence-corrected chi connectivity index (χ2v) is 4.48. The lowest BCUT2D eigenvalue weighted by atomic mass is 10.2. The lowest BCUT2D eigenvalue weighted by Crippen LogP contribution is -2.58. The molecule has 0 fully saturated rings. The minimum atomic E-state index is -6.45. The Kier molecular flexibility index (Phi) is 5.97. The zero-order valence-electron chi connectivity index (χ0n) is 13.0. The molecule has 12 heteroatoms. The molecule has 0 atom stereocenters. The summed E-state index contributed by atoms with van der Waals surface area (Å²) in [5.41, 5.74) is 0.519. The van der Waals surface area contributed by atoms with Crippen molar-refractivity contribution in [3.05, 3.63) is 17.7 Å². The number of alkyl halides is 7. The van der Waals surface area contributed by atoms with Crippen molar-refractivity contribution in [1.29, 1.82) is 0 Å². The molecule has 1 aromatic rings. The summed E-state index contributed by atoms with van der Waals surface area (Å²) >= 11 is 0. The number of hydrazone groups is 1. The van der Waals surface area contributed by atoms with Gasteiger partial charge in [0.1, 0.15) is 0 Å². The average Bonchev–Trinajstić information content (AvgIpc) is 2.52. The van der Waals surface area contributed by atoms with Gasteiger partial charge in [-0.25, -0.2) is 5.43 Å². The topological polar surface area (TPSA) is 52.1 Å². The van der Waals surface area contributed by atoms with E-state index in [1.807, 2.05) is 0 Å². The SMILES string of the molecule is COc1cc(/C=N/NC(F)(F)C(F)(F)C(F)(F)F)cc(OC)c1OC. The Bertz CT molecular complexity index is 608. The van der Waals surface area contributed by atoms with Crippen LogP contribution >= 0.6 is 0 Å². The lowest BCUT2D eigenvalue weighted by Gasteiger charge is -2.27. The van der Waals surface area contributed by atoms with Crippen molar-refractivity contribution in [2.24, 2.45) is 5.10 Å². The summed E-state index contributed by atoms with van der Waals surface area (Å²) in [6, 6.07) is -3.22. The van der Waals surface area contributed by atoms with Crippen LogP contribution in [0.5, 0.6) is 17.2 Å². The summed E-state index contributed by atoms with van der Waals surface area (Å²) in [5, 5.41) is 2.74. The Morgan fingerprint density at radius 2 is 1.36 bits per heavy atom. The molecule has 0 aliphatic rings. The third-order valence-corrected chi connectivity index (χ3v) is 2.86. The van der Waals surface area contributed by atoms with E-state index in [2.05, 4.69) is 5.10 Å². The Balaban J connectivity index is 3.07. The van der Waals surface area contributed by atoms with Gasteiger partial charge in [0.2, 0.25) is 5.75 Å². The molecule has 1 rings (SSSR count). The fourth-order valence-corrected chi connectivity index (χ4v) is 1.61. The Morgan fingerprint density at radius 1 is 0.880 bits per heavy atom. The molecule has 1 aromatic carbocycles. The first-order valence-electron chi connectivity index (χ1n) is 6.34. The number of benzene rings is 1. The fourth-order valence-electron chi connectivity index (χ4n) is 1.61. The van der Waals surface area contributed by atoms with E-state index < -0.39 is 18.1 Å². The van der Waals surface area contributed by atoms with Gasteiger partial charge in [0.15, 0.2) is 11.5 Å². The van der Waals surface area contributed by atoms with Crippen LogP contribution in [0.15, 0.2) is 17.2 Å². The Hall–Kier alpha value is -2.40. The van der Waals surface area contributed by atoms with Gasteiger partial charge in [0, 0.05) is 5.56 Å². The summed E-state index contributed by atoms with van der Waals surface area (Å²) in [6.45, 7) is 0. The van der Waals surface area contributed by atoms with Gasteiger partial charge in [-0.05, 0) is 12.1 Å². The van der Waals surface area contributed by atoms with E-state index in [4.69, 9.17) is 14.2 Å². The maximum Gasteiger partial charge on any atom is 0.462 e. The highest BCUT2D eigenvalue weighted by Crippen LogP contribution is 2.45. The van der Waals surface area contributed by atoms with Gasteiger partial charge in [0.05, 0.1) is 27.5 Å². The maximum atomic E-state index is 13.0. The third kappa shape index (κ3) is 4.17. The van der Waals surface area contributed by atoms with E-state index >= 15 is 0 Å². The minimum Gasteiger partial charge on any atom is -0.493 e. The molecule has 0 radical (unpaired) electrons. The second kappa shape index (κ2) is 7.23. The molecule has 1 N–H and O–H groups in total. The molecule has 0 saturated heterocycles. The number of halogens is 7. The van der Waals surface area contributed by atoms with E-state index in [-0.39, 0.29) is 22.8 Å². The van der Waals surface area contributed by atoms with Crippen molar-refractivity contribution >= 4 is 6.21 Å². The quantitative estimate of drug-likeness (QED) is 0.342. The maximum absolute atomic E-state index is 13.0. The summed E-state index contributed by atoms with van der Waals surface area (Å²) in [5.74, 6) is -5.97. The van der Waals surface area contributed by atoms with Gasteiger partial charge >= 0.3 is 18.1 Å².